The highest BCUT2D eigenvalue weighted by Crippen LogP contribution is 2.30. The molecule has 0 aliphatic heterocycles. The lowest BCUT2D eigenvalue weighted by atomic mass is 10.2. The van der Waals surface area contributed by atoms with Crippen molar-refractivity contribution in [3.05, 3.63) is 39.8 Å². The number of guanidine groups is 1. The third-order valence-electron chi connectivity index (χ3n) is 3.87. The van der Waals surface area contributed by atoms with Crippen LogP contribution in [0.2, 0.25) is 0 Å². The van der Waals surface area contributed by atoms with E-state index >= 15 is 0 Å². The molecule has 0 saturated carbocycles. The molecule has 168 valence electrons. The molecule has 1 aromatic carbocycles. The van der Waals surface area contributed by atoms with E-state index in [4.69, 9.17) is 4.74 Å². The van der Waals surface area contributed by atoms with Gasteiger partial charge in [-0.3, -0.25) is 0 Å². The van der Waals surface area contributed by atoms with E-state index in [0.717, 1.165) is 30.0 Å². The molecule has 0 radical (unpaired) electrons. The largest absolute Gasteiger partial charge is 0.490 e. The van der Waals surface area contributed by atoms with Gasteiger partial charge in [0.2, 0.25) is 0 Å². The van der Waals surface area contributed by atoms with Crippen molar-refractivity contribution in [2.75, 3.05) is 19.7 Å². The first-order valence-electron chi connectivity index (χ1n) is 9.71. The van der Waals surface area contributed by atoms with Crippen LogP contribution in [0.25, 0.3) is 0 Å². The van der Waals surface area contributed by atoms with E-state index in [2.05, 4.69) is 32.3 Å². The number of rotatable bonds is 11. The van der Waals surface area contributed by atoms with Crippen LogP contribution in [0.4, 0.5) is 8.78 Å². The van der Waals surface area contributed by atoms with Crippen molar-refractivity contribution in [1.29, 1.82) is 0 Å². The standard InChI is InChI=1S/C20H28F2N4O2S.HI/c1-4-15-13-25-18(29-15)9-10-24-20(23-5-2)26-12-14-7-8-16(28-19(21)22)17(11-14)27-6-3;/h7-8,11,13,19H,4-6,9-10,12H2,1-3H3,(H2,23,24,26);1H. The normalized spacial score (nSPS) is 11.2. The van der Waals surface area contributed by atoms with Crippen LogP contribution in [0.5, 0.6) is 11.5 Å². The van der Waals surface area contributed by atoms with E-state index < -0.39 is 6.61 Å². The van der Waals surface area contributed by atoms with Gasteiger partial charge in [0, 0.05) is 30.6 Å². The summed E-state index contributed by atoms with van der Waals surface area (Å²) in [6, 6.07) is 4.86. The molecule has 0 saturated heterocycles. The monoisotopic (exact) mass is 554 g/mol. The van der Waals surface area contributed by atoms with Gasteiger partial charge < -0.3 is 20.1 Å². The van der Waals surface area contributed by atoms with Crippen LogP contribution in [-0.4, -0.2) is 37.3 Å². The van der Waals surface area contributed by atoms with Crippen molar-refractivity contribution < 1.29 is 18.3 Å². The van der Waals surface area contributed by atoms with Crippen LogP contribution in [0.15, 0.2) is 29.4 Å². The molecule has 0 atom stereocenters. The van der Waals surface area contributed by atoms with Crippen LogP contribution in [0.3, 0.4) is 0 Å². The zero-order valence-corrected chi connectivity index (χ0v) is 20.6. The molecule has 0 bridgehead atoms. The average Bonchev–Trinajstić information content (AvgIpc) is 3.16. The number of thiazole rings is 1. The topological polar surface area (TPSA) is 67.8 Å². The Bertz CT molecular complexity index is 790. The molecule has 0 amide bonds. The third-order valence-corrected chi connectivity index (χ3v) is 5.07. The SMILES string of the molecule is CCNC(=NCc1ccc(OC(F)F)c(OCC)c1)NCCc1ncc(CC)s1.I. The zero-order valence-electron chi connectivity index (χ0n) is 17.4. The number of hydrogen-bond acceptors (Lipinski definition) is 5. The van der Waals surface area contributed by atoms with Crippen LogP contribution < -0.4 is 20.1 Å². The van der Waals surface area contributed by atoms with Crippen molar-refractivity contribution in [1.82, 2.24) is 15.6 Å². The Kier molecular flexibility index (Phi) is 12.6. The Labute approximate surface area is 197 Å². The maximum absolute atomic E-state index is 12.5. The zero-order chi connectivity index (χ0) is 21.1. The van der Waals surface area contributed by atoms with Crippen LogP contribution in [0, 0.1) is 0 Å². The smallest absolute Gasteiger partial charge is 0.387 e. The van der Waals surface area contributed by atoms with Crippen LogP contribution in [-0.2, 0) is 19.4 Å². The fraction of sp³-hybridized carbons (Fsp3) is 0.500. The highest BCUT2D eigenvalue weighted by molar-refractivity contribution is 14.0. The van der Waals surface area contributed by atoms with Gasteiger partial charge in [-0.2, -0.15) is 8.78 Å². The first kappa shape index (κ1) is 26.3. The number of alkyl halides is 2. The first-order chi connectivity index (χ1) is 14.0. The molecule has 0 spiro atoms. The summed E-state index contributed by atoms with van der Waals surface area (Å²) in [6.07, 6.45) is 3.75. The molecule has 2 N–H and O–H groups in total. The van der Waals surface area contributed by atoms with Gasteiger partial charge in [0.05, 0.1) is 18.2 Å². The molecule has 10 heteroatoms. The molecule has 0 unspecified atom stereocenters. The number of aryl methyl sites for hydroxylation is 1. The second-order valence-corrected chi connectivity index (χ2v) is 7.24. The van der Waals surface area contributed by atoms with E-state index in [9.17, 15) is 8.78 Å². The summed E-state index contributed by atoms with van der Waals surface area (Å²) in [7, 11) is 0. The van der Waals surface area contributed by atoms with Gasteiger partial charge in [-0.25, -0.2) is 9.98 Å². The number of aliphatic imine (C=N–C) groups is 1. The van der Waals surface area contributed by atoms with E-state index in [1.165, 1.54) is 10.9 Å². The number of nitrogens with one attached hydrogen (secondary N) is 2. The molecule has 2 rings (SSSR count). The molecule has 0 aliphatic carbocycles. The van der Waals surface area contributed by atoms with Gasteiger partial charge in [0.15, 0.2) is 17.5 Å². The molecular formula is C20H29F2IN4O2S. The van der Waals surface area contributed by atoms with Gasteiger partial charge >= 0.3 is 6.61 Å². The maximum Gasteiger partial charge on any atom is 0.387 e. The lowest BCUT2D eigenvalue weighted by Crippen LogP contribution is -2.38. The highest BCUT2D eigenvalue weighted by atomic mass is 127. The minimum absolute atomic E-state index is 0. The van der Waals surface area contributed by atoms with Gasteiger partial charge in [0.1, 0.15) is 0 Å². The Hall–Kier alpha value is -1.69. The van der Waals surface area contributed by atoms with Gasteiger partial charge in [-0.05, 0) is 38.0 Å². The summed E-state index contributed by atoms with van der Waals surface area (Å²) in [5, 5.41) is 7.59. The van der Waals surface area contributed by atoms with E-state index in [1.54, 1.807) is 30.4 Å². The number of aromatic nitrogens is 1. The second-order valence-electron chi connectivity index (χ2n) is 6.04. The Balaban J connectivity index is 0.00000450. The maximum atomic E-state index is 12.5. The molecule has 30 heavy (non-hydrogen) atoms. The molecule has 2 aromatic rings. The lowest BCUT2D eigenvalue weighted by Gasteiger charge is -2.13. The highest BCUT2D eigenvalue weighted by Gasteiger charge is 2.11. The summed E-state index contributed by atoms with van der Waals surface area (Å²) >= 11 is 1.73. The number of hydrogen-bond donors (Lipinski definition) is 2. The number of benzene rings is 1. The summed E-state index contributed by atoms with van der Waals surface area (Å²) in [4.78, 5) is 10.3. The van der Waals surface area contributed by atoms with Crippen molar-refractivity contribution in [3.63, 3.8) is 0 Å². The fourth-order valence-corrected chi connectivity index (χ4v) is 3.40. The lowest BCUT2D eigenvalue weighted by molar-refractivity contribution is -0.0514. The number of nitrogens with zero attached hydrogens (tertiary/aromatic N) is 2. The molecular weight excluding hydrogens is 525 g/mol. The van der Waals surface area contributed by atoms with Gasteiger partial charge in [-0.1, -0.05) is 13.0 Å². The molecule has 0 fully saturated rings. The summed E-state index contributed by atoms with van der Waals surface area (Å²) in [5.74, 6) is 0.995. The van der Waals surface area contributed by atoms with Crippen molar-refractivity contribution >= 4 is 41.3 Å². The summed E-state index contributed by atoms with van der Waals surface area (Å²) in [5.41, 5.74) is 0.833. The molecule has 0 aliphatic rings. The predicted molar refractivity (Wildman–Crippen MR) is 128 cm³/mol. The number of halogens is 3. The predicted octanol–water partition coefficient (Wildman–Crippen LogP) is 4.62. The summed E-state index contributed by atoms with van der Waals surface area (Å²) < 4.78 is 35.0. The number of ether oxygens (including phenoxy) is 2. The van der Waals surface area contributed by atoms with Crippen molar-refractivity contribution in [3.8, 4) is 11.5 Å². The minimum Gasteiger partial charge on any atom is -0.490 e. The Morgan fingerprint density at radius 1 is 1.20 bits per heavy atom. The quantitative estimate of drug-likeness (QED) is 0.241. The van der Waals surface area contributed by atoms with E-state index in [-0.39, 0.29) is 35.5 Å². The first-order valence-corrected chi connectivity index (χ1v) is 10.5. The Morgan fingerprint density at radius 3 is 2.63 bits per heavy atom. The summed E-state index contributed by atoms with van der Waals surface area (Å²) in [6.45, 7) is 5.19. The minimum atomic E-state index is -2.89. The molecule has 6 nitrogen and oxygen atoms in total. The fourth-order valence-electron chi connectivity index (χ4n) is 2.54. The van der Waals surface area contributed by atoms with Gasteiger partial charge in [-0.15, -0.1) is 35.3 Å². The van der Waals surface area contributed by atoms with Crippen LogP contribution >= 0.6 is 35.3 Å². The van der Waals surface area contributed by atoms with Crippen LogP contribution in [0.1, 0.15) is 36.2 Å². The van der Waals surface area contributed by atoms with Crippen molar-refractivity contribution in [2.24, 2.45) is 4.99 Å². The van der Waals surface area contributed by atoms with E-state index in [0.29, 0.717) is 25.7 Å². The molecule has 1 aromatic heterocycles. The Morgan fingerprint density at radius 2 is 2.00 bits per heavy atom. The van der Waals surface area contributed by atoms with Crippen molar-refractivity contribution in [2.45, 2.75) is 46.8 Å². The second kappa shape index (κ2) is 14.3. The molecule has 1 heterocycles. The van der Waals surface area contributed by atoms with E-state index in [1.807, 2.05) is 13.1 Å². The average molecular weight is 554 g/mol. The van der Waals surface area contributed by atoms with Gasteiger partial charge in [0.25, 0.3) is 0 Å². The third kappa shape index (κ3) is 8.99.